The summed E-state index contributed by atoms with van der Waals surface area (Å²) in [6, 6.07) is 0. The van der Waals surface area contributed by atoms with Gasteiger partial charge < -0.3 is 36.2 Å². The van der Waals surface area contributed by atoms with Crippen molar-refractivity contribution in [3.8, 4) is 0 Å². The molecule has 0 aromatic heterocycles. The standard InChI is InChI=1S/C12H24N2O6/c15-6-9(17)11(19)10(18)8(16)5-14-12(20)7-1-3-13-4-2-7/h7-11,13,15-19H,1-6H2,(H,14,20). The topological polar surface area (TPSA) is 142 Å². The number of aliphatic hydroxyl groups excluding tert-OH is 5. The van der Waals surface area contributed by atoms with E-state index >= 15 is 0 Å². The molecule has 4 atom stereocenters. The predicted octanol–water partition coefficient (Wildman–Crippen LogP) is -3.46. The van der Waals surface area contributed by atoms with Crippen molar-refractivity contribution < 1.29 is 30.3 Å². The highest BCUT2D eigenvalue weighted by atomic mass is 16.4. The highest BCUT2D eigenvalue weighted by Gasteiger charge is 2.30. The molecule has 0 saturated carbocycles. The van der Waals surface area contributed by atoms with Gasteiger partial charge in [-0.3, -0.25) is 4.79 Å². The fraction of sp³-hybridized carbons (Fsp3) is 0.917. The average Bonchev–Trinajstić information content (AvgIpc) is 2.50. The van der Waals surface area contributed by atoms with E-state index in [1.165, 1.54) is 0 Å². The van der Waals surface area contributed by atoms with Gasteiger partial charge in [-0.15, -0.1) is 0 Å². The van der Waals surface area contributed by atoms with E-state index in [1.807, 2.05) is 0 Å². The largest absolute Gasteiger partial charge is 0.394 e. The smallest absolute Gasteiger partial charge is 0.223 e. The Morgan fingerprint density at radius 2 is 1.65 bits per heavy atom. The maximum Gasteiger partial charge on any atom is 0.223 e. The van der Waals surface area contributed by atoms with Gasteiger partial charge in [0.2, 0.25) is 5.91 Å². The molecule has 0 aliphatic carbocycles. The minimum absolute atomic E-state index is 0.117. The van der Waals surface area contributed by atoms with E-state index in [1.54, 1.807) is 0 Å². The van der Waals surface area contributed by atoms with Crippen LogP contribution in [-0.4, -0.2) is 82.1 Å². The van der Waals surface area contributed by atoms with E-state index in [0.29, 0.717) is 0 Å². The fourth-order valence-corrected chi connectivity index (χ4v) is 2.12. The van der Waals surface area contributed by atoms with E-state index < -0.39 is 31.0 Å². The molecule has 7 N–H and O–H groups in total. The summed E-state index contributed by atoms with van der Waals surface area (Å²) in [4.78, 5) is 11.8. The zero-order valence-corrected chi connectivity index (χ0v) is 11.3. The predicted molar refractivity (Wildman–Crippen MR) is 69.7 cm³/mol. The number of piperidine rings is 1. The Morgan fingerprint density at radius 3 is 2.20 bits per heavy atom. The van der Waals surface area contributed by atoms with E-state index in [2.05, 4.69) is 10.6 Å². The quantitative estimate of drug-likeness (QED) is 0.258. The van der Waals surface area contributed by atoms with E-state index in [9.17, 15) is 20.1 Å². The molecule has 0 aromatic carbocycles. The van der Waals surface area contributed by atoms with Gasteiger partial charge in [-0.2, -0.15) is 0 Å². The van der Waals surface area contributed by atoms with Crippen molar-refractivity contribution in [3.05, 3.63) is 0 Å². The molecule has 0 radical (unpaired) electrons. The first-order valence-corrected chi connectivity index (χ1v) is 6.79. The number of rotatable bonds is 7. The third-order valence-electron chi connectivity index (χ3n) is 3.52. The Labute approximate surface area is 117 Å². The molecule has 1 rings (SSSR count). The first-order chi connectivity index (χ1) is 9.47. The number of carbonyl (C=O) groups excluding carboxylic acids is 1. The third kappa shape index (κ3) is 4.97. The zero-order valence-electron chi connectivity index (χ0n) is 11.3. The lowest BCUT2D eigenvalue weighted by atomic mass is 9.97. The fourth-order valence-electron chi connectivity index (χ4n) is 2.12. The van der Waals surface area contributed by atoms with Crippen LogP contribution in [-0.2, 0) is 4.79 Å². The van der Waals surface area contributed by atoms with Crippen molar-refractivity contribution in [2.24, 2.45) is 5.92 Å². The van der Waals surface area contributed by atoms with Gasteiger partial charge in [0.1, 0.15) is 18.3 Å². The van der Waals surface area contributed by atoms with Crippen LogP contribution in [0.3, 0.4) is 0 Å². The summed E-state index contributed by atoms with van der Waals surface area (Å²) in [5.74, 6) is -0.316. The summed E-state index contributed by atoms with van der Waals surface area (Å²) in [7, 11) is 0. The Balaban J connectivity index is 2.34. The summed E-state index contributed by atoms with van der Waals surface area (Å²) >= 11 is 0. The summed E-state index contributed by atoms with van der Waals surface area (Å²) in [6.07, 6.45) is -4.85. The van der Waals surface area contributed by atoms with Gasteiger partial charge in [-0.25, -0.2) is 0 Å². The van der Waals surface area contributed by atoms with Crippen molar-refractivity contribution >= 4 is 5.91 Å². The molecule has 0 bridgehead atoms. The van der Waals surface area contributed by atoms with Gasteiger partial charge >= 0.3 is 0 Å². The van der Waals surface area contributed by atoms with Crippen molar-refractivity contribution in [2.75, 3.05) is 26.2 Å². The molecule has 1 amide bonds. The third-order valence-corrected chi connectivity index (χ3v) is 3.52. The second kappa shape index (κ2) is 8.50. The van der Waals surface area contributed by atoms with Crippen molar-refractivity contribution in [1.82, 2.24) is 10.6 Å². The van der Waals surface area contributed by atoms with Crippen LogP contribution < -0.4 is 10.6 Å². The summed E-state index contributed by atoms with van der Waals surface area (Å²) in [5, 5.41) is 52.1. The zero-order chi connectivity index (χ0) is 15.1. The molecule has 1 heterocycles. The maximum atomic E-state index is 11.8. The number of carbonyl (C=O) groups is 1. The lowest BCUT2D eigenvalue weighted by Crippen LogP contribution is -2.50. The Bertz CT molecular complexity index is 298. The van der Waals surface area contributed by atoms with Crippen LogP contribution in [0.2, 0.25) is 0 Å². The average molecular weight is 292 g/mol. The van der Waals surface area contributed by atoms with Crippen LogP contribution in [0.15, 0.2) is 0 Å². The molecule has 118 valence electrons. The number of hydrogen-bond donors (Lipinski definition) is 7. The first-order valence-electron chi connectivity index (χ1n) is 6.79. The molecule has 0 spiro atoms. The normalized spacial score (nSPS) is 22.9. The molecule has 8 nitrogen and oxygen atoms in total. The molecule has 0 aromatic rings. The summed E-state index contributed by atoms with van der Waals surface area (Å²) in [6.45, 7) is 0.584. The lowest BCUT2D eigenvalue weighted by Gasteiger charge is -2.27. The number of hydrogen-bond acceptors (Lipinski definition) is 7. The van der Waals surface area contributed by atoms with Gasteiger partial charge in [-0.05, 0) is 25.9 Å². The van der Waals surface area contributed by atoms with E-state index in [0.717, 1.165) is 25.9 Å². The molecule has 1 saturated heterocycles. The van der Waals surface area contributed by atoms with Gasteiger partial charge in [0.15, 0.2) is 0 Å². The van der Waals surface area contributed by atoms with Crippen LogP contribution in [0.4, 0.5) is 0 Å². The summed E-state index contributed by atoms with van der Waals surface area (Å²) < 4.78 is 0. The van der Waals surface area contributed by atoms with Crippen LogP contribution in [0.1, 0.15) is 12.8 Å². The Hall–Kier alpha value is -0.770. The second-order valence-corrected chi connectivity index (χ2v) is 5.07. The molecule has 20 heavy (non-hydrogen) atoms. The Morgan fingerprint density at radius 1 is 1.10 bits per heavy atom. The summed E-state index contributed by atoms with van der Waals surface area (Å²) in [5.41, 5.74) is 0. The first kappa shape index (κ1) is 17.3. The lowest BCUT2D eigenvalue weighted by molar-refractivity contribution is -0.129. The van der Waals surface area contributed by atoms with Crippen LogP contribution >= 0.6 is 0 Å². The van der Waals surface area contributed by atoms with Crippen molar-refractivity contribution in [3.63, 3.8) is 0 Å². The SMILES string of the molecule is O=C(NCC(O)C(O)C(O)C(O)CO)C1CCNCC1. The van der Waals surface area contributed by atoms with Gasteiger partial charge in [-0.1, -0.05) is 0 Å². The minimum atomic E-state index is -1.68. The minimum Gasteiger partial charge on any atom is -0.394 e. The van der Waals surface area contributed by atoms with Crippen molar-refractivity contribution in [2.45, 2.75) is 37.3 Å². The molecular formula is C12H24N2O6. The second-order valence-electron chi connectivity index (χ2n) is 5.07. The number of aliphatic hydroxyl groups is 5. The molecule has 1 fully saturated rings. The molecule has 1 aliphatic heterocycles. The van der Waals surface area contributed by atoms with Crippen LogP contribution in [0, 0.1) is 5.92 Å². The van der Waals surface area contributed by atoms with Gasteiger partial charge in [0.05, 0.1) is 12.7 Å². The number of nitrogens with one attached hydrogen (secondary N) is 2. The monoisotopic (exact) mass is 292 g/mol. The van der Waals surface area contributed by atoms with Crippen molar-refractivity contribution in [1.29, 1.82) is 0 Å². The van der Waals surface area contributed by atoms with Gasteiger partial charge in [0, 0.05) is 12.5 Å². The highest BCUT2D eigenvalue weighted by Crippen LogP contribution is 2.11. The Kier molecular flexibility index (Phi) is 7.35. The molecule has 4 unspecified atom stereocenters. The van der Waals surface area contributed by atoms with E-state index in [4.69, 9.17) is 10.2 Å². The maximum absolute atomic E-state index is 11.8. The van der Waals surface area contributed by atoms with E-state index in [-0.39, 0.29) is 18.4 Å². The molecule has 8 heteroatoms. The van der Waals surface area contributed by atoms with Gasteiger partial charge in [0.25, 0.3) is 0 Å². The van der Waals surface area contributed by atoms with Crippen LogP contribution in [0.25, 0.3) is 0 Å². The molecular weight excluding hydrogens is 268 g/mol. The highest BCUT2D eigenvalue weighted by molar-refractivity contribution is 5.78. The van der Waals surface area contributed by atoms with Crippen LogP contribution in [0.5, 0.6) is 0 Å². The molecule has 1 aliphatic rings. The number of amides is 1.